The Balaban J connectivity index is 1.62. The van der Waals surface area contributed by atoms with Crippen LogP contribution in [0.15, 0.2) is 65.2 Å². The summed E-state index contributed by atoms with van der Waals surface area (Å²) in [5, 5.41) is 3.84. The summed E-state index contributed by atoms with van der Waals surface area (Å²) in [6, 6.07) is 16.4. The van der Waals surface area contributed by atoms with Gasteiger partial charge in [-0.15, -0.1) is 0 Å². The quantitative estimate of drug-likeness (QED) is 0.623. The van der Waals surface area contributed by atoms with Crippen LogP contribution in [0.25, 0.3) is 11.3 Å². The minimum absolute atomic E-state index is 0.102. The van der Waals surface area contributed by atoms with Gasteiger partial charge < -0.3 is 14.0 Å². The summed E-state index contributed by atoms with van der Waals surface area (Å²) in [6.45, 7) is -3.06. The SMILES string of the molecule is O=C(OCc1cc(-c2ccccc2)on1)c1cccc(OC(F)F)c1. The maximum absolute atomic E-state index is 12.2. The van der Waals surface area contributed by atoms with Gasteiger partial charge in [-0.25, -0.2) is 4.79 Å². The van der Waals surface area contributed by atoms with Crippen LogP contribution >= 0.6 is 0 Å². The van der Waals surface area contributed by atoms with Crippen molar-refractivity contribution in [2.75, 3.05) is 0 Å². The number of aromatic nitrogens is 1. The third kappa shape index (κ3) is 4.41. The molecule has 1 heterocycles. The van der Waals surface area contributed by atoms with Crippen molar-refractivity contribution in [3.8, 4) is 17.1 Å². The van der Waals surface area contributed by atoms with Crippen LogP contribution in [0, 0.1) is 0 Å². The Morgan fingerprint density at radius 3 is 2.64 bits per heavy atom. The Morgan fingerprint density at radius 1 is 1.08 bits per heavy atom. The van der Waals surface area contributed by atoms with E-state index in [0.29, 0.717) is 11.5 Å². The van der Waals surface area contributed by atoms with Crippen molar-refractivity contribution in [1.82, 2.24) is 5.16 Å². The maximum atomic E-state index is 12.2. The van der Waals surface area contributed by atoms with Gasteiger partial charge >= 0.3 is 12.6 Å². The first-order valence-electron chi connectivity index (χ1n) is 7.35. The lowest BCUT2D eigenvalue weighted by atomic mass is 10.2. The van der Waals surface area contributed by atoms with Crippen LogP contribution in [-0.4, -0.2) is 17.7 Å². The summed E-state index contributed by atoms with van der Waals surface area (Å²) in [4.78, 5) is 12.0. The van der Waals surface area contributed by atoms with Crippen LogP contribution in [0.2, 0.25) is 0 Å². The summed E-state index contributed by atoms with van der Waals surface area (Å²) in [5.41, 5.74) is 1.39. The second-order valence-electron chi connectivity index (χ2n) is 5.03. The minimum Gasteiger partial charge on any atom is -0.455 e. The van der Waals surface area contributed by atoms with Gasteiger partial charge in [-0.2, -0.15) is 8.78 Å². The number of hydrogen-bond donors (Lipinski definition) is 0. The van der Waals surface area contributed by atoms with Crippen molar-refractivity contribution < 1.29 is 27.6 Å². The van der Waals surface area contributed by atoms with Crippen molar-refractivity contribution in [3.63, 3.8) is 0 Å². The molecule has 0 bridgehead atoms. The Bertz CT molecular complexity index is 849. The predicted octanol–water partition coefficient (Wildman–Crippen LogP) is 4.30. The largest absolute Gasteiger partial charge is 0.455 e. The Labute approximate surface area is 141 Å². The van der Waals surface area contributed by atoms with Crippen molar-refractivity contribution in [2.45, 2.75) is 13.2 Å². The van der Waals surface area contributed by atoms with Crippen LogP contribution in [0.1, 0.15) is 16.1 Å². The molecule has 7 heteroatoms. The monoisotopic (exact) mass is 345 g/mol. The third-order valence-corrected chi connectivity index (χ3v) is 3.26. The number of carbonyl (C=O) groups is 1. The second-order valence-corrected chi connectivity index (χ2v) is 5.03. The van der Waals surface area contributed by atoms with Crippen molar-refractivity contribution in [3.05, 3.63) is 71.9 Å². The summed E-state index contributed by atoms with van der Waals surface area (Å²) < 4.78 is 39.0. The zero-order chi connectivity index (χ0) is 17.6. The highest BCUT2D eigenvalue weighted by molar-refractivity contribution is 5.89. The highest BCUT2D eigenvalue weighted by atomic mass is 19.3. The van der Waals surface area contributed by atoms with Gasteiger partial charge in [0.25, 0.3) is 0 Å². The van der Waals surface area contributed by atoms with E-state index in [9.17, 15) is 13.6 Å². The molecule has 0 amide bonds. The molecule has 0 aliphatic heterocycles. The molecule has 128 valence electrons. The molecule has 2 aromatic carbocycles. The summed E-state index contributed by atoms with van der Waals surface area (Å²) in [7, 11) is 0. The number of hydrogen-bond acceptors (Lipinski definition) is 5. The van der Waals surface area contributed by atoms with E-state index in [4.69, 9.17) is 9.26 Å². The van der Waals surface area contributed by atoms with Gasteiger partial charge in [0.2, 0.25) is 0 Å². The first kappa shape index (κ1) is 16.6. The standard InChI is InChI=1S/C18H13F2NO4/c19-18(20)24-15-8-4-7-13(9-15)17(22)23-11-14-10-16(25-21-14)12-5-2-1-3-6-12/h1-10,18H,11H2. The molecule has 0 N–H and O–H groups in total. The van der Waals surface area contributed by atoms with Crippen LogP contribution in [0.5, 0.6) is 5.75 Å². The smallest absolute Gasteiger partial charge is 0.387 e. The molecule has 0 unspecified atom stereocenters. The molecule has 0 saturated heterocycles. The average Bonchev–Trinajstić information content (AvgIpc) is 3.09. The number of nitrogens with zero attached hydrogens (tertiary/aromatic N) is 1. The molecule has 3 rings (SSSR count). The van der Waals surface area contributed by atoms with E-state index in [2.05, 4.69) is 9.89 Å². The number of benzene rings is 2. The summed E-state index contributed by atoms with van der Waals surface area (Å²) in [6.07, 6.45) is 0. The molecule has 0 radical (unpaired) electrons. The molecule has 0 fully saturated rings. The van der Waals surface area contributed by atoms with Crippen LogP contribution < -0.4 is 4.74 Å². The van der Waals surface area contributed by atoms with Crippen molar-refractivity contribution in [1.29, 1.82) is 0 Å². The summed E-state index contributed by atoms with van der Waals surface area (Å²) >= 11 is 0. The molecule has 0 spiro atoms. The van der Waals surface area contributed by atoms with Crippen LogP contribution in [0.4, 0.5) is 8.78 Å². The zero-order valence-electron chi connectivity index (χ0n) is 12.9. The topological polar surface area (TPSA) is 61.6 Å². The molecule has 0 atom stereocenters. The lowest BCUT2D eigenvalue weighted by Crippen LogP contribution is -2.07. The van der Waals surface area contributed by atoms with Gasteiger partial charge in [-0.05, 0) is 18.2 Å². The second kappa shape index (κ2) is 7.57. The highest BCUT2D eigenvalue weighted by Crippen LogP contribution is 2.21. The molecule has 3 aromatic rings. The van der Waals surface area contributed by atoms with Gasteiger partial charge in [0.15, 0.2) is 5.76 Å². The predicted molar refractivity (Wildman–Crippen MR) is 84.1 cm³/mol. The first-order chi connectivity index (χ1) is 12.1. The van der Waals surface area contributed by atoms with Gasteiger partial charge in [0.1, 0.15) is 18.1 Å². The number of ether oxygens (including phenoxy) is 2. The van der Waals surface area contributed by atoms with E-state index in [-0.39, 0.29) is 17.9 Å². The molecule has 0 saturated carbocycles. The number of alkyl halides is 2. The van der Waals surface area contributed by atoms with Gasteiger partial charge in [0.05, 0.1) is 5.56 Å². The fourth-order valence-corrected chi connectivity index (χ4v) is 2.14. The normalized spacial score (nSPS) is 10.7. The Kier molecular flexibility index (Phi) is 5.03. The van der Waals surface area contributed by atoms with E-state index in [0.717, 1.165) is 5.56 Å². The molecule has 0 aliphatic rings. The molecule has 0 aliphatic carbocycles. The molecular formula is C18H13F2NO4. The van der Waals surface area contributed by atoms with Crippen LogP contribution in [-0.2, 0) is 11.3 Å². The fourth-order valence-electron chi connectivity index (χ4n) is 2.14. The van der Waals surface area contributed by atoms with Crippen LogP contribution in [0.3, 0.4) is 0 Å². The molecular weight excluding hydrogens is 332 g/mol. The number of carbonyl (C=O) groups excluding carboxylic acids is 1. The van der Waals surface area contributed by atoms with E-state index in [1.54, 1.807) is 6.07 Å². The van der Waals surface area contributed by atoms with Gasteiger partial charge in [0, 0.05) is 11.6 Å². The van der Waals surface area contributed by atoms with E-state index < -0.39 is 12.6 Å². The average molecular weight is 345 g/mol. The van der Waals surface area contributed by atoms with Crippen molar-refractivity contribution >= 4 is 5.97 Å². The Morgan fingerprint density at radius 2 is 1.88 bits per heavy atom. The molecule has 5 nitrogen and oxygen atoms in total. The Hall–Kier alpha value is -3.22. The number of esters is 1. The van der Waals surface area contributed by atoms with Crippen molar-refractivity contribution in [2.24, 2.45) is 0 Å². The highest BCUT2D eigenvalue weighted by Gasteiger charge is 2.13. The van der Waals surface area contributed by atoms with Gasteiger partial charge in [-0.3, -0.25) is 0 Å². The maximum Gasteiger partial charge on any atom is 0.387 e. The minimum atomic E-state index is -2.96. The third-order valence-electron chi connectivity index (χ3n) is 3.26. The van der Waals surface area contributed by atoms with E-state index in [1.165, 1.54) is 24.3 Å². The lowest BCUT2D eigenvalue weighted by molar-refractivity contribution is -0.0499. The first-order valence-corrected chi connectivity index (χ1v) is 7.35. The zero-order valence-corrected chi connectivity index (χ0v) is 12.9. The van der Waals surface area contributed by atoms with E-state index in [1.807, 2.05) is 30.3 Å². The summed E-state index contributed by atoms with van der Waals surface area (Å²) in [5.74, 6) is -0.236. The van der Waals surface area contributed by atoms with E-state index >= 15 is 0 Å². The number of halogens is 2. The number of rotatable bonds is 6. The molecule has 25 heavy (non-hydrogen) atoms. The fraction of sp³-hybridized carbons (Fsp3) is 0.111. The van der Waals surface area contributed by atoms with Gasteiger partial charge in [-0.1, -0.05) is 41.6 Å². The lowest BCUT2D eigenvalue weighted by Gasteiger charge is -2.06. The molecule has 1 aromatic heterocycles.